The highest BCUT2D eigenvalue weighted by Gasteiger charge is 2.30. The number of carbonyl (C=O) groups excluding carboxylic acids is 2. The first kappa shape index (κ1) is 19.9. The predicted octanol–water partition coefficient (Wildman–Crippen LogP) is 2.52. The Bertz CT molecular complexity index is 865. The zero-order chi connectivity index (χ0) is 20.4. The maximum absolute atomic E-state index is 13.1. The van der Waals surface area contributed by atoms with E-state index >= 15 is 0 Å². The molecule has 1 unspecified atom stereocenters. The molecule has 150 valence electrons. The van der Waals surface area contributed by atoms with E-state index in [2.05, 4.69) is 14.8 Å². The van der Waals surface area contributed by atoms with Crippen LogP contribution in [0.15, 0.2) is 24.3 Å². The smallest absolute Gasteiger partial charge is 0.339 e. The number of anilines is 1. The number of Topliss-reactive ketones (excluding diaryl/α,β-unsaturated/α-hetero) is 1. The summed E-state index contributed by atoms with van der Waals surface area (Å²) in [6.07, 6.45) is 0. The lowest BCUT2D eigenvalue weighted by molar-refractivity contribution is 0.0599. The number of phenols is 1. The number of nitrogens with one attached hydrogen (secondary N) is 1. The number of piperazine rings is 1. The number of methoxy groups -OCH3 is 1. The van der Waals surface area contributed by atoms with Crippen LogP contribution in [-0.4, -0.2) is 66.1 Å². The summed E-state index contributed by atoms with van der Waals surface area (Å²) in [5.74, 6) is -0.196. The SMILES string of the molecule is COC(=O)c1c(C)[nH]c(C(=O)C(C)N2CCN(c3ccc(O)cc3)CC2)c1C. The third kappa shape index (κ3) is 3.75. The highest BCUT2D eigenvalue weighted by Crippen LogP contribution is 2.23. The molecule has 0 aliphatic carbocycles. The van der Waals surface area contributed by atoms with Gasteiger partial charge in [0.05, 0.1) is 24.4 Å². The number of hydrogen-bond acceptors (Lipinski definition) is 6. The Morgan fingerprint density at radius 2 is 1.71 bits per heavy atom. The lowest BCUT2D eigenvalue weighted by Crippen LogP contribution is -2.51. The van der Waals surface area contributed by atoms with Crippen molar-refractivity contribution in [3.63, 3.8) is 0 Å². The van der Waals surface area contributed by atoms with Crippen LogP contribution in [-0.2, 0) is 4.74 Å². The van der Waals surface area contributed by atoms with Gasteiger partial charge in [-0.25, -0.2) is 4.79 Å². The molecule has 1 aromatic heterocycles. The molecule has 0 spiro atoms. The fraction of sp³-hybridized carbons (Fsp3) is 0.429. The van der Waals surface area contributed by atoms with Crippen molar-refractivity contribution in [2.75, 3.05) is 38.2 Å². The molecular weight excluding hydrogens is 358 g/mol. The third-order valence-electron chi connectivity index (χ3n) is 5.53. The summed E-state index contributed by atoms with van der Waals surface area (Å²) < 4.78 is 4.83. The fourth-order valence-corrected chi connectivity index (χ4v) is 3.81. The minimum atomic E-state index is -0.430. The number of aryl methyl sites for hydroxylation is 1. The van der Waals surface area contributed by atoms with E-state index in [0.717, 1.165) is 31.9 Å². The summed E-state index contributed by atoms with van der Waals surface area (Å²) in [5.41, 5.74) is 3.28. The van der Waals surface area contributed by atoms with Gasteiger partial charge >= 0.3 is 5.97 Å². The molecule has 1 aliphatic rings. The van der Waals surface area contributed by atoms with Crippen LogP contribution in [0.3, 0.4) is 0 Å². The van der Waals surface area contributed by atoms with E-state index in [-0.39, 0.29) is 17.6 Å². The van der Waals surface area contributed by atoms with Crippen molar-refractivity contribution >= 4 is 17.4 Å². The topological polar surface area (TPSA) is 85.9 Å². The van der Waals surface area contributed by atoms with E-state index in [0.29, 0.717) is 22.5 Å². The van der Waals surface area contributed by atoms with Gasteiger partial charge in [-0.15, -0.1) is 0 Å². The van der Waals surface area contributed by atoms with Crippen molar-refractivity contribution in [3.05, 3.63) is 46.8 Å². The molecule has 7 heteroatoms. The number of esters is 1. The van der Waals surface area contributed by atoms with Crippen molar-refractivity contribution in [1.29, 1.82) is 0 Å². The second-order valence-corrected chi connectivity index (χ2v) is 7.20. The van der Waals surface area contributed by atoms with Gasteiger partial charge in [0.2, 0.25) is 0 Å². The molecule has 7 nitrogen and oxygen atoms in total. The Balaban J connectivity index is 1.68. The number of hydrogen-bond donors (Lipinski definition) is 2. The number of aromatic amines is 1. The first-order valence-corrected chi connectivity index (χ1v) is 9.43. The van der Waals surface area contributed by atoms with Crippen LogP contribution in [0.1, 0.15) is 39.0 Å². The molecule has 2 heterocycles. The van der Waals surface area contributed by atoms with Crippen LogP contribution in [0.4, 0.5) is 5.69 Å². The molecule has 2 aromatic rings. The van der Waals surface area contributed by atoms with Gasteiger partial charge in [-0.2, -0.15) is 0 Å². The Morgan fingerprint density at radius 3 is 2.29 bits per heavy atom. The Morgan fingerprint density at radius 1 is 1.11 bits per heavy atom. The molecule has 1 atom stereocenters. The molecule has 28 heavy (non-hydrogen) atoms. The zero-order valence-corrected chi connectivity index (χ0v) is 16.8. The van der Waals surface area contributed by atoms with Gasteiger partial charge in [0, 0.05) is 37.6 Å². The van der Waals surface area contributed by atoms with Crippen LogP contribution < -0.4 is 4.90 Å². The van der Waals surface area contributed by atoms with Gasteiger partial charge < -0.3 is 19.7 Å². The van der Waals surface area contributed by atoms with E-state index in [1.807, 2.05) is 19.1 Å². The van der Waals surface area contributed by atoms with Gasteiger partial charge in [-0.1, -0.05) is 0 Å². The summed E-state index contributed by atoms with van der Waals surface area (Å²) in [6.45, 7) is 8.59. The van der Waals surface area contributed by atoms with Crippen molar-refractivity contribution < 1.29 is 19.4 Å². The summed E-state index contributed by atoms with van der Waals surface area (Å²) in [6, 6.07) is 6.88. The standard InChI is InChI=1S/C21H27N3O4/c1-13-18(21(27)28-4)14(2)22-19(13)20(26)15(3)23-9-11-24(12-10-23)16-5-7-17(25)8-6-16/h5-8,15,22,25H,9-12H2,1-4H3. The van der Waals surface area contributed by atoms with Crippen LogP contribution >= 0.6 is 0 Å². The van der Waals surface area contributed by atoms with Crippen LogP contribution in [0.2, 0.25) is 0 Å². The quantitative estimate of drug-likeness (QED) is 0.608. The normalized spacial score (nSPS) is 16.1. The van der Waals surface area contributed by atoms with Gasteiger partial charge in [-0.3, -0.25) is 9.69 Å². The average Bonchev–Trinajstić information content (AvgIpc) is 3.01. The van der Waals surface area contributed by atoms with E-state index in [9.17, 15) is 14.7 Å². The Labute approximate surface area is 164 Å². The Hall–Kier alpha value is -2.80. The molecule has 0 amide bonds. The largest absolute Gasteiger partial charge is 0.508 e. The number of ketones is 1. The second-order valence-electron chi connectivity index (χ2n) is 7.20. The minimum Gasteiger partial charge on any atom is -0.508 e. The number of nitrogens with zero attached hydrogens (tertiary/aromatic N) is 2. The highest BCUT2D eigenvalue weighted by atomic mass is 16.5. The van der Waals surface area contributed by atoms with Crippen molar-refractivity contribution in [2.24, 2.45) is 0 Å². The van der Waals surface area contributed by atoms with E-state index < -0.39 is 5.97 Å². The molecule has 1 aliphatic heterocycles. The molecule has 0 bridgehead atoms. The molecule has 0 saturated carbocycles. The number of aromatic nitrogens is 1. The monoisotopic (exact) mass is 385 g/mol. The number of benzene rings is 1. The number of phenolic OH excluding ortho intramolecular Hbond substituents is 1. The predicted molar refractivity (Wildman–Crippen MR) is 107 cm³/mol. The van der Waals surface area contributed by atoms with E-state index in [4.69, 9.17) is 4.74 Å². The maximum Gasteiger partial charge on any atom is 0.339 e. The van der Waals surface area contributed by atoms with Gasteiger partial charge in [0.15, 0.2) is 5.78 Å². The highest BCUT2D eigenvalue weighted by molar-refractivity contribution is 6.03. The molecule has 3 rings (SSSR count). The van der Waals surface area contributed by atoms with Crippen molar-refractivity contribution in [2.45, 2.75) is 26.8 Å². The van der Waals surface area contributed by atoms with E-state index in [1.54, 1.807) is 26.0 Å². The van der Waals surface area contributed by atoms with Gasteiger partial charge in [0.25, 0.3) is 0 Å². The van der Waals surface area contributed by atoms with Crippen molar-refractivity contribution in [1.82, 2.24) is 9.88 Å². The average molecular weight is 385 g/mol. The number of ether oxygens (including phenoxy) is 1. The number of rotatable bonds is 5. The first-order chi connectivity index (χ1) is 13.3. The molecule has 1 saturated heterocycles. The van der Waals surface area contributed by atoms with Crippen LogP contribution in [0.25, 0.3) is 0 Å². The summed E-state index contributed by atoms with van der Waals surface area (Å²) >= 11 is 0. The lowest BCUT2D eigenvalue weighted by Gasteiger charge is -2.38. The number of H-pyrrole nitrogens is 1. The minimum absolute atomic E-state index is 0.0196. The lowest BCUT2D eigenvalue weighted by atomic mass is 10.0. The molecule has 0 radical (unpaired) electrons. The van der Waals surface area contributed by atoms with E-state index in [1.165, 1.54) is 7.11 Å². The molecule has 2 N–H and O–H groups in total. The number of carbonyl (C=O) groups is 2. The number of aromatic hydroxyl groups is 1. The van der Waals surface area contributed by atoms with Gasteiger partial charge in [-0.05, 0) is 50.6 Å². The zero-order valence-electron chi connectivity index (χ0n) is 16.8. The molecular formula is C21H27N3O4. The maximum atomic E-state index is 13.1. The second kappa shape index (κ2) is 8.06. The van der Waals surface area contributed by atoms with Gasteiger partial charge in [0.1, 0.15) is 5.75 Å². The first-order valence-electron chi connectivity index (χ1n) is 9.43. The molecule has 1 fully saturated rings. The van der Waals surface area contributed by atoms with Crippen LogP contribution in [0, 0.1) is 13.8 Å². The summed E-state index contributed by atoms with van der Waals surface area (Å²) in [4.78, 5) is 32.5. The summed E-state index contributed by atoms with van der Waals surface area (Å²) in [7, 11) is 1.34. The van der Waals surface area contributed by atoms with Crippen molar-refractivity contribution in [3.8, 4) is 5.75 Å². The fourth-order valence-electron chi connectivity index (χ4n) is 3.81. The Kier molecular flexibility index (Phi) is 5.74. The molecule has 1 aromatic carbocycles. The van der Waals surface area contributed by atoms with Crippen LogP contribution in [0.5, 0.6) is 5.75 Å². The summed E-state index contributed by atoms with van der Waals surface area (Å²) in [5, 5.41) is 9.44. The third-order valence-corrected chi connectivity index (χ3v) is 5.53.